The van der Waals surface area contributed by atoms with Crippen molar-refractivity contribution in [3.05, 3.63) is 29.8 Å². The van der Waals surface area contributed by atoms with E-state index >= 15 is 0 Å². The second kappa shape index (κ2) is 5.31. The minimum absolute atomic E-state index is 0.139. The number of rotatable bonds is 3. The van der Waals surface area contributed by atoms with Crippen molar-refractivity contribution < 1.29 is 4.74 Å². The van der Waals surface area contributed by atoms with E-state index in [2.05, 4.69) is 26.8 Å². The third kappa shape index (κ3) is 3.49. The van der Waals surface area contributed by atoms with Crippen LogP contribution in [-0.4, -0.2) is 6.10 Å². The zero-order valence-corrected chi connectivity index (χ0v) is 11.8. The molecule has 1 atom stereocenters. The molecule has 2 heteroatoms. The number of nitrogens with two attached hydrogens (primary N) is 1. The first-order chi connectivity index (χ1) is 8.46. The van der Waals surface area contributed by atoms with Crippen molar-refractivity contribution in [1.29, 1.82) is 0 Å². The van der Waals surface area contributed by atoms with Crippen LogP contribution in [0.25, 0.3) is 0 Å². The van der Waals surface area contributed by atoms with E-state index in [-0.39, 0.29) is 6.10 Å². The third-order valence-electron chi connectivity index (χ3n) is 4.06. The number of ether oxygens (including phenoxy) is 1. The Morgan fingerprint density at radius 1 is 1.28 bits per heavy atom. The zero-order chi connectivity index (χ0) is 13.2. The quantitative estimate of drug-likeness (QED) is 0.807. The lowest BCUT2D eigenvalue weighted by Gasteiger charge is -2.35. The first-order valence-electron chi connectivity index (χ1n) is 6.97. The molecule has 1 saturated carbocycles. The van der Waals surface area contributed by atoms with E-state index in [1.54, 1.807) is 0 Å². The summed E-state index contributed by atoms with van der Waals surface area (Å²) in [5, 5.41) is 0. The zero-order valence-electron chi connectivity index (χ0n) is 11.8. The van der Waals surface area contributed by atoms with Crippen molar-refractivity contribution in [1.82, 2.24) is 0 Å². The number of anilines is 1. The molecule has 2 nitrogen and oxygen atoms in total. The van der Waals surface area contributed by atoms with Gasteiger partial charge in [0.15, 0.2) is 0 Å². The molecule has 1 aromatic carbocycles. The summed E-state index contributed by atoms with van der Waals surface area (Å²) in [6.45, 7) is 6.82. The Labute approximate surface area is 111 Å². The molecule has 0 bridgehead atoms. The van der Waals surface area contributed by atoms with E-state index < -0.39 is 0 Å². The van der Waals surface area contributed by atoms with Crippen LogP contribution in [0.3, 0.4) is 0 Å². The first kappa shape index (κ1) is 13.4. The number of nitrogen functional groups attached to an aromatic ring is 1. The van der Waals surface area contributed by atoms with Gasteiger partial charge in [0.05, 0.1) is 12.2 Å². The van der Waals surface area contributed by atoms with E-state index in [0.717, 1.165) is 5.69 Å². The highest BCUT2D eigenvalue weighted by atomic mass is 16.5. The first-order valence-corrected chi connectivity index (χ1v) is 6.97. The average Bonchev–Trinajstić information content (AvgIpc) is 2.32. The fourth-order valence-corrected chi connectivity index (χ4v) is 2.69. The van der Waals surface area contributed by atoms with Gasteiger partial charge >= 0.3 is 0 Å². The van der Waals surface area contributed by atoms with Crippen LogP contribution in [-0.2, 0) is 4.74 Å². The lowest BCUT2D eigenvalue weighted by atomic mass is 9.76. The summed E-state index contributed by atoms with van der Waals surface area (Å²) >= 11 is 0. The van der Waals surface area contributed by atoms with Crippen LogP contribution >= 0.6 is 0 Å². The lowest BCUT2D eigenvalue weighted by molar-refractivity contribution is -0.0389. The van der Waals surface area contributed by atoms with Crippen molar-refractivity contribution in [3.63, 3.8) is 0 Å². The van der Waals surface area contributed by atoms with Gasteiger partial charge in [-0.3, -0.25) is 0 Å². The van der Waals surface area contributed by atoms with Crippen LogP contribution in [0.2, 0.25) is 0 Å². The predicted octanol–water partition coefficient (Wildman–Crippen LogP) is 4.32. The highest BCUT2D eigenvalue weighted by Gasteiger charge is 2.28. The standard InChI is InChI=1S/C16H25NO/c1-12(13-5-4-6-14(17)11-13)18-15-7-9-16(2,3)10-8-15/h4-6,11-12,15H,7-10,17H2,1-3H3. The van der Waals surface area contributed by atoms with Gasteiger partial charge in [-0.1, -0.05) is 26.0 Å². The Balaban J connectivity index is 1.90. The highest BCUT2D eigenvalue weighted by molar-refractivity contribution is 5.41. The monoisotopic (exact) mass is 247 g/mol. The van der Waals surface area contributed by atoms with E-state index in [0.29, 0.717) is 11.5 Å². The SMILES string of the molecule is CC(OC1CCC(C)(C)CC1)c1cccc(N)c1. The van der Waals surface area contributed by atoms with E-state index in [1.165, 1.54) is 31.2 Å². The van der Waals surface area contributed by atoms with Gasteiger partial charge < -0.3 is 10.5 Å². The van der Waals surface area contributed by atoms with Crippen LogP contribution in [0.15, 0.2) is 24.3 Å². The number of benzene rings is 1. The summed E-state index contributed by atoms with van der Waals surface area (Å²) in [7, 11) is 0. The maximum absolute atomic E-state index is 6.17. The van der Waals surface area contributed by atoms with Crippen molar-refractivity contribution in [2.75, 3.05) is 5.73 Å². The maximum Gasteiger partial charge on any atom is 0.0801 e. The minimum Gasteiger partial charge on any atom is -0.399 e. The second-order valence-corrected chi connectivity index (χ2v) is 6.31. The highest BCUT2D eigenvalue weighted by Crippen LogP contribution is 2.37. The molecule has 0 aliphatic heterocycles. The van der Waals surface area contributed by atoms with Crippen LogP contribution in [0.4, 0.5) is 5.69 Å². The summed E-state index contributed by atoms with van der Waals surface area (Å²) in [4.78, 5) is 0. The predicted molar refractivity (Wildman–Crippen MR) is 76.4 cm³/mol. The Kier molecular flexibility index (Phi) is 3.96. The number of hydrogen-bond acceptors (Lipinski definition) is 2. The normalized spacial score (nSPS) is 21.7. The van der Waals surface area contributed by atoms with Crippen LogP contribution in [0.5, 0.6) is 0 Å². The molecule has 0 heterocycles. The van der Waals surface area contributed by atoms with Gasteiger partial charge in [0.1, 0.15) is 0 Å². The Hall–Kier alpha value is -1.02. The molecule has 100 valence electrons. The smallest absolute Gasteiger partial charge is 0.0801 e. The van der Waals surface area contributed by atoms with Crippen LogP contribution in [0.1, 0.15) is 58.1 Å². The van der Waals surface area contributed by atoms with Crippen molar-refractivity contribution in [2.24, 2.45) is 5.41 Å². The third-order valence-corrected chi connectivity index (χ3v) is 4.06. The van der Waals surface area contributed by atoms with Gasteiger partial charge in [0.25, 0.3) is 0 Å². The molecular weight excluding hydrogens is 222 g/mol. The molecule has 1 aliphatic rings. The van der Waals surface area contributed by atoms with Gasteiger partial charge in [-0.05, 0) is 55.7 Å². The molecule has 1 aromatic rings. The van der Waals surface area contributed by atoms with Gasteiger partial charge in [0.2, 0.25) is 0 Å². The van der Waals surface area contributed by atoms with Crippen LogP contribution < -0.4 is 5.73 Å². The Morgan fingerprint density at radius 3 is 2.56 bits per heavy atom. The molecule has 0 spiro atoms. The maximum atomic E-state index is 6.17. The molecule has 1 fully saturated rings. The Morgan fingerprint density at radius 2 is 1.94 bits per heavy atom. The van der Waals surface area contributed by atoms with Crippen molar-refractivity contribution in [2.45, 2.75) is 58.7 Å². The summed E-state index contributed by atoms with van der Waals surface area (Å²) < 4.78 is 6.17. The van der Waals surface area contributed by atoms with Gasteiger partial charge in [-0.2, -0.15) is 0 Å². The molecule has 0 saturated heterocycles. The molecule has 1 aliphatic carbocycles. The topological polar surface area (TPSA) is 35.2 Å². The van der Waals surface area contributed by atoms with Crippen LogP contribution in [0, 0.1) is 5.41 Å². The Bertz CT molecular complexity index is 390. The van der Waals surface area contributed by atoms with Gasteiger partial charge in [0, 0.05) is 5.69 Å². The van der Waals surface area contributed by atoms with E-state index in [9.17, 15) is 0 Å². The summed E-state index contributed by atoms with van der Waals surface area (Å²) in [6, 6.07) is 8.01. The fraction of sp³-hybridized carbons (Fsp3) is 0.625. The second-order valence-electron chi connectivity index (χ2n) is 6.31. The molecule has 0 aromatic heterocycles. The summed E-state index contributed by atoms with van der Waals surface area (Å²) in [5.41, 5.74) is 8.30. The molecule has 2 N–H and O–H groups in total. The number of hydrogen-bond donors (Lipinski definition) is 1. The fourth-order valence-electron chi connectivity index (χ4n) is 2.69. The van der Waals surface area contributed by atoms with Gasteiger partial charge in [-0.15, -0.1) is 0 Å². The average molecular weight is 247 g/mol. The van der Waals surface area contributed by atoms with Crippen molar-refractivity contribution >= 4 is 5.69 Å². The molecule has 1 unspecified atom stereocenters. The largest absolute Gasteiger partial charge is 0.399 e. The summed E-state index contributed by atoms with van der Waals surface area (Å²) in [5.74, 6) is 0. The van der Waals surface area contributed by atoms with Gasteiger partial charge in [-0.25, -0.2) is 0 Å². The summed E-state index contributed by atoms with van der Waals surface area (Å²) in [6.07, 6.45) is 5.44. The minimum atomic E-state index is 0.139. The lowest BCUT2D eigenvalue weighted by Crippen LogP contribution is -2.27. The molecule has 2 rings (SSSR count). The molecule has 0 radical (unpaired) electrons. The molecule has 0 amide bonds. The van der Waals surface area contributed by atoms with E-state index in [1.807, 2.05) is 18.2 Å². The van der Waals surface area contributed by atoms with E-state index in [4.69, 9.17) is 10.5 Å². The molecule has 18 heavy (non-hydrogen) atoms. The molecular formula is C16H25NO. The van der Waals surface area contributed by atoms with Crippen molar-refractivity contribution in [3.8, 4) is 0 Å².